The number of pyridine rings is 1. The summed E-state index contributed by atoms with van der Waals surface area (Å²) in [6.07, 6.45) is 4.93. The minimum absolute atomic E-state index is 0.0286. The number of rotatable bonds is 3. The minimum atomic E-state index is -1.31. The van der Waals surface area contributed by atoms with Crippen LogP contribution in [0, 0.1) is 5.82 Å². The van der Waals surface area contributed by atoms with Gasteiger partial charge in [0.15, 0.2) is 11.6 Å². The molecule has 0 aliphatic carbocycles. The van der Waals surface area contributed by atoms with Gasteiger partial charge in [-0.3, -0.25) is 0 Å². The third-order valence-electron chi connectivity index (χ3n) is 3.46. The molecule has 0 radical (unpaired) electrons. The molecule has 0 saturated carbocycles. The molecule has 1 aliphatic rings. The van der Waals surface area contributed by atoms with Crippen LogP contribution in [0.2, 0.25) is 0 Å². The molecular formula is C13H17FN2O3. The van der Waals surface area contributed by atoms with E-state index < -0.39 is 11.8 Å². The number of hydrogen-bond acceptors (Lipinski definition) is 4. The van der Waals surface area contributed by atoms with Crippen molar-refractivity contribution in [1.82, 2.24) is 4.98 Å². The zero-order valence-electron chi connectivity index (χ0n) is 10.5. The van der Waals surface area contributed by atoms with E-state index in [-0.39, 0.29) is 24.0 Å². The van der Waals surface area contributed by atoms with Crippen LogP contribution in [0.5, 0.6) is 0 Å². The van der Waals surface area contributed by atoms with E-state index in [1.54, 1.807) is 4.90 Å². The van der Waals surface area contributed by atoms with Crippen molar-refractivity contribution in [3.8, 4) is 0 Å². The molecule has 2 heterocycles. The van der Waals surface area contributed by atoms with Crippen LogP contribution < -0.4 is 4.90 Å². The van der Waals surface area contributed by atoms with Crippen LogP contribution in [0.3, 0.4) is 0 Å². The van der Waals surface area contributed by atoms with Crippen LogP contribution >= 0.6 is 0 Å². The lowest BCUT2D eigenvalue weighted by atomic mass is 10.1. The number of carboxylic acid groups (broad SMARTS) is 1. The van der Waals surface area contributed by atoms with Crippen molar-refractivity contribution in [2.24, 2.45) is 0 Å². The van der Waals surface area contributed by atoms with Gasteiger partial charge in [0.2, 0.25) is 0 Å². The number of hydrogen-bond donors (Lipinski definition) is 2. The Morgan fingerprint density at radius 2 is 2.26 bits per heavy atom. The van der Waals surface area contributed by atoms with Crippen LogP contribution in [-0.2, 0) is 0 Å². The second-order valence-corrected chi connectivity index (χ2v) is 4.68. The monoisotopic (exact) mass is 268 g/mol. The molecule has 6 heteroatoms. The largest absolute Gasteiger partial charge is 0.478 e. The van der Waals surface area contributed by atoms with Crippen molar-refractivity contribution in [3.05, 3.63) is 23.6 Å². The van der Waals surface area contributed by atoms with E-state index >= 15 is 0 Å². The number of anilines is 1. The summed E-state index contributed by atoms with van der Waals surface area (Å²) < 4.78 is 14.2. The molecule has 0 spiro atoms. The molecule has 0 aromatic carbocycles. The Kier molecular flexibility index (Phi) is 4.31. The first-order valence-corrected chi connectivity index (χ1v) is 6.40. The van der Waals surface area contributed by atoms with Gasteiger partial charge in [0.05, 0.1) is 12.6 Å². The molecule has 1 fully saturated rings. The minimum Gasteiger partial charge on any atom is -0.478 e. The van der Waals surface area contributed by atoms with Crippen molar-refractivity contribution in [3.63, 3.8) is 0 Å². The molecule has 2 rings (SSSR count). The predicted octanol–water partition coefficient (Wildman–Crippen LogP) is 1.66. The van der Waals surface area contributed by atoms with Gasteiger partial charge in [-0.25, -0.2) is 14.2 Å². The second-order valence-electron chi connectivity index (χ2n) is 4.68. The van der Waals surface area contributed by atoms with Gasteiger partial charge in [-0.1, -0.05) is 12.8 Å². The Balaban J connectivity index is 2.38. The number of aliphatic hydroxyl groups is 1. The molecule has 19 heavy (non-hydrogen) atoms. The zero-order chi connectivity index (χ0) is 13.8. The van der Waals surface area contributed by atoms with E-state index in [1.165, 1.54) is 6.20 Å². The van der Waals surface area contributed by atoms with Crippen molar-refractivity contribution >= 4 is 11.8 Å². The van der Waals surface area contributed by atoms with E-state index in [4.69, 9.17) is 5.11 Å². The molecule has 2 N–H and O–H groups in total. The van der Waals surface area contributed by atoms with Crippen LogP contribution in [-0.4, -0.2) is 40.4 Å². The lowest BCUT2D eigenvalue weighted by molar-refractivity contribution is 0.0691. The van der Waals surface area contributed by atoms with Crippen LogP contribution in [0.1, 0.15) is 36.0 Å². The standard InChI is InChI=1S/C13H17FN2O3/c14-11-10(13(18)19)5-6-15-12(11)16-7-3-1-2-4-9(16)8-17/h5-6,9,17H,1-4,7-8H2,(H,18,19). The maximum absolute atomic E-state index is 14.2. The summed E-state index contributed by atoms with van der Waals surface area (Å²) in [6, 6.07) is 0.945. The highest BCUT2D eigenvalue weighted by Gasteiger charge is 2.26. The Morgan fingerprint density at radius 3 is 2.95 bits per heavy atom. The molecule has 1 aromatic heterocycles. The van der Waals surface area contributed by atoms with E-state index in [1.807, 2.05) is 0 Å². The number of aromatic carboxylic acids is 1. The highest BCUT2D eigenvalue weighted by atomic mass is 19.1. The predicted molar refractivity (Wildman–Crippen MR) is 67.8 cm³/mol. The summed E-state index contributed by atoms with van der Waals surface area (Å²) in [7, 11) is 0. The highest BCUT2D eigenvalue weighted by molar-refractivity contribution is 5.88. The lowest BCUT2D eigenvalue weighted by Gasteiger charge is -2.30. The van der Waals surface area contributed by atoms with Crippen molar-refractivity contribution in [2.75, 3.05) is 18.1 Å². The Morgan fingerprint density at radius 1 is 1.47 bits per heavy atom. The van der Waals surface area contributed by atoms with Crippen molar-refractivity contribution in [2.45, 2.75) is 31.7 Å². The summed E-state index contributed by atoms with van der Waals surface area (Å²) >= 11 is 0. The number of carboxylic acids is 1. The zero-order valence-corrected chi connectivity index (χ0v) is 10.5. The summed E-state index contributed by atoms with van der Waals surface area (Å²) in [5.74, 6) is -2.10. The SMILES string of the molecule is O=C(O)c1ccnc(N2CCCCCC2CO)c1F. The normalized spacial score (nSPS) is 20.1. The number of halogens is 1. The fourth-order valence-corrected chi connectivity index (χ4v) is 2.44. The topological polar surface area (TPSA) is 73.7 Å². The van der Waals surface area contributed by atoms with E-state index in [9.17, 15) is 14.3 Å². The first-order valence-electron chi connectivity index (χ1n) is 6.40. The van der Waals surface area contributed by atoms with E-state index in [2.05, 4.69) is 4.98 Å². The Hall–Kier alpha value is -1.69. The fourth-order valence-electron chi connectivity index (χ4n) is 2.44. The lowest BCUT2D eigenvalue weighted by Crippen LogP contribution is -2.39. The van der Waals surface area contributed by atoms with Crippen molar-refractivity contribution < 1.29 is 19.4 Å². The quantitative estimate of drug-likeness (QED) is 0.872. The van der Waals surface area contributed by atoms with E-state index in [0.29, 0.717) is 6.54 Å². The smallest absolute Gasteiger partial charge is 0.338 e. The number of aliphatic hydroxyl groups excluding tert-OH is 1. The summed E-state index contributed by atoms with van der Waals surface area (Å²) in [4.78, 5) is 16.6. The molecular weight excluding hydrogens is 251 g/mol. The molecule has 0 amide bonds. The third-order valence-corrected chi connectivity index (χ3v) is 3.46. The molecule has 104 valence electrons. The van der Waals surface area contributed by atoms with Crippen LogP contribution in [0.25, 0.3) is 0 Å². The molecule has 1 saturated heterocycles. The molecule has 1 aliphatic heterocycles. The summed E-state index contributed by atoms with van der Waals surface area (Å²) in [6.45, 7) is 0.497. The second kappa shape index (κ2) is 5.97. The Bertz CT molecular complexity index is 467. The average Bonchev–Trinajstić information content (AvgIpc) is 2.63. The van der Waals surface area contributed by atoms with Gasteiger partial charge < -0.3 is 15.1 Å². The fraction of sp³-hybridized carbons (Fsp3) is 0.538. The first kappa shape index (κ1) is 13.7. The maximum Gasteiger partial charge on any atom is 0.338 e. The number of nitrogens with zero attached hydrogens (tertiary/aromatic N) is 2. The number of carbonyl (C=O) groups is 1. The molecule has 1 aromatic rings. The average molecular weight is 268 g/mol. The molecule has 0 bridgehead atoms. The van der Waals surface area contributed by atoms with Crippen LogP contribution in [0.4, 0.5) is 10.2 Å². The molecule has 1 unspecified atom stereocenters. The number of aromatic nitrogens is 1. The molecule has 1 atom stereocenters. The van der Waals surface area contributed by atoms with E-state index in [0.717, 1.165) is 31.7 Å². The van der Waals surface area contributed by atoms with Gasteiger partial charge in [0.25, 0.3) is 0 Å². The van der Waals surface area contributed by atoms with Crippen LogP contribution in [0.15, 0.2) is 12.3 Å². The molecule has 5 nitrogen and oxygen atoms in total. The third kappa shape index (κ3) is 2.84. The van der Waals surface area contributed by atoms with Gasteiger partial charge in [-0.15, -0.1) is 0 Å². The summed E-state index contributed by atoms with van der Waals surface area (Å²) in [5.41, 5.74) is -0.383. The van der Waals surface area contributed by atoms with Gasteiger partial charge in [-0.05, 0) is 18.9 Å². The Labute approximate surface area is 110 Å². The van der Waals surface area contributed by atoms with Gasteiger partial charge in [-0.2, -0.15) is 0 Å². The van der Waals surface area contributed by atoms with Gasteiger partial charge in [0.1, 0.15) is 5.56 Å². The van der Waals surface area contributed by atoms with Gasteiger partial charge in [0, 0.05) is 12.7 Å². The first-order chi connectivity index (χ1) is 9.15. The highest BCUT2D eigenvalue weighted by Crippen LogP contribution is 2.26. The summed E-state index contributed by atoms with van der Waals surface area (Å²) in [5, 5.41) is 18.3. The van der Waals surface area contributed by atoms with Gasteiger partial charge >= 0.3 is 5.97 Å². The van der Waals surface area contributed by atoms with Crippen molar-refractivity contribution in [1.29, 1.82) is 0 Å². The maximum atomic E-state index is 14.2.